The fraction of sp³-hybridized carbons (Fsp3) is 0.296. The summed E-state index contributed by atoms with van der Waals surface area (Å²) >= 11 is 0. The van der Waals surface area contributed by atoms with Crippen molar-refractivity contribution in [3.63, 3.8) is 0 Å². The van der Waals surface area contributed by atoms with E-state index >= 15 is 0 Å². The topological polar surface area (TPSA) is 80.8 Å². The van der Waals surface area contributed by atoms with E-state index in [0.717, 1.165) is 17.5 Å². The molecule has 2 atom stereocenters. The summed E-state index contributed by atoms with van der Waals surface area (Å²) in [5.41, 5.74) is 2.66. The lowest BCUT2D eigenvalue weighted by molar-refractivity contribution is -0.123. The standard InChI is InChI=1S/C27H27N3O4/c1-17(2)11-13-29-26(31)24-20-7-3-4-8-21(20)27(32)30(25(24)18-6-5-12-28-15-18)19-9-10-22-23(14-19)34-16-33-22/h3-10,12,14-15,17,24-25H,11,13,16H2,1-2H3,(H,29,31). The van der Waals surface area contributed by atoms with Crippen molar-refractivity contribution in [2.24, 2.45) is 5.92 Å². The number of pyridine rings is 1. The molecule has 0 saturated heterocycles. The molecule has 7 heteroatoms. The largest absolute Gasteiger partial charge is 0.454 e. The summed E-state index contributed by atoms with van der Waals surface area (Å²) in [5, 5.41) is 3.11. The molecule has 174 valence electrons. The zero-order chi connectivity index (χ0) is 23.7. The van der Waals surface area contributed by atoms with Gasteiger partial charge in [-0.25, -0.2) is 0 Å². The van der Waals surface area contributed by atoms with Crippen molar-refractivity contribution in [3.05, 3.63) is 83.7 Å². The average molecular weight is 458 g/mol. The number of hydrogen-bond donors (Lipinski definition) is 1. The third-order valence-electron chi connectivity index (χ3n) is 6.30. The number of fused-ring (bicyclic) bond motifs is 2. The van der Waals surface area contributed by atoms with E-state index in [1.54, 1.807) is 35.5 Å². The number of benzene rings is 2. The Balaban J connectivity index is 1.64. The first kappa shape index (κ1) is 21.9. The van der Waals surface area contributed by atoms with E-state index in [1.807, 2.05) is 36.4 Å². The summed E-state index contributed by atoms with van der Waals surface area (Å²) in [6.45, 7) is 4.97. The number of nitrogens with zero attached hydrogens (tertiary/aromatic N) is 2. The Morgan fingerprint density at radius 2 is 1.94 bits per heavy atom. The van der Waals surface area contributed by atoms with Crippen LogP contribution in [-0.2, 0) is 4.79 Å². The van der Waals surface area contributed by atoms with Crippen LogP contribution in [0.2, 0.25) is 0 Å². The van der Waals surface area contributed by atoms with Crippen LogP contribution in [0.1, 0.15) is 53.7 Å². The first-order valence-electron chi connectivity index (χ1n) is 11.5. The van der Waals surface area contributed by atoms with Crippen molar-refractivity contribution in [2.45, 2.75) is 32.2 Å². The summed E-state index contributed by atoms with van der Waals surface area (Å²) < 4.78 is 11.0. The second-order valence-electron chi connectivity index (χ2n) is 8.98. The number of carbonyl (C=O) groups excluding carboxylic acids is 2. The lowest BCUT2D eigenvalue weighted by Crippen LogP contribution is -2.47. The summed E-state index contributed by atoms with van der Waals surface area (Å²) in [4.78, 5) is 33.5. The van der Waals surface area contributed by atoms with Crippen molar-refractivity contribution in [2.75, 3.05) is 18.2 Å². The molecule has 2 aliphatic heterocycles. The summed E-state index contributed by atoms with van der Waals surface area (Å²) in [5.74, 6) is 0.798. The quantitative estimate of drug-likeness (QED) is 0.591. The van der Waals surface area contributed by atoms with Gasteiger partial charge < -0.3 is 14.8 Å². The van der Waals surface area contributed by atoms with Crippen LogP contribution in [0.4, 0.5) is 5.69 Å². The second-order valence-corrected chi connectivity index (χ2v) is 8.98. The highest BCUT2D eigenvalue weighted by Gasteiger charge is 2.45. The Morgan fingerprint density at radius 3 is 2.74 bits per heavy atom. The molecule has 5 rings (SSSR count). The molecule has 1 N–H and O–H groups in total. The van der Waals surface area contributed by atoms with Crippen LogP contribution in [0.5, 0.6) is 11.5 Å². The van der Waals surface area contributed by atoms with E-state index in [9.17, 15) is 9.59 Å². The van der Waals surface area contributed by atoms with Gasteiger partial charge in [0.1, 0.15) is 0 Å². The normalized spacial score (nSPS) is 18.7. The molecule has 1 aromatic heterocycles. The molecule has 34 heavy (non-hydrogen) atoms. The molecule has 7 nitrogen and oxygen atoms in total. The molecular formula is C27H27N3O4. The minimum absolute atomic E-state index is 0.111. The number of amides is 2. The molecule has 0 spiro atoms. The van der Waals surface area contributed by atoms with Crippen molar-refractivity contribution in [1.82, 2.24) is 10.3 Å². The fourth-order valence-electron chi connectivity index (χ4n) is 4.62. The number of aromatic nitrogens is 1. The molecule has 0 aliphatic carbocycles. The predicted octanol–water partition coefficient (Wildman–Crippen LogP) is 4.46. The van der Waals surface area contributed by atoms with Crippen molar-refractivity contribution < 1.29 is 19.1 Å². The maximum Gasteiger partial charge on any atom is 0.259 e. The minimum Gasteiger partial charge on any atom is -0.454 e. The van der Waals surface area contributed by atoms with Crippen LogP contribution in [-0.4, -0.2) is 30.1 Å². The van der Waals surface area contributed by atoms with E-state index in [1.165, 1.54) is 0 Å². The molecule has 2 aliphatic rings. The zero-order valence-electron chi connectivity index (χ0n) is 19.2. The Morgan fingerprint density at radius 1 is 1.12 bits per heavy atom. The smallest absolute Gasteiger partial charge is 0.259 e. The lowest BCUT2D eigenvalue weighted by Gasteiger charge is -2.41. The average Bonchev–Trinajstić information content (AvgIpc) is 3.32. The molecule has 2 amide bonds. The highest BCUT2D eigenvalue weighted by molar-refractivity contribution is 6.11. The molecule has 0 radical (unpaired) electrons. The van der Waals surface area contributed by atoms with Crippen LogP contribution >= 0.6 is 0 Å². The van der Waals surface area contributed by atoms with Crippen LogP contribution in [0.3, 0.4) is 0 Å². The number of rotatable bonds is 6. The predicted molar refractivity (Wildman–Crippen MR) is 128 cm³/mol. The highest BCUT2D eigenvalue weighted by atomic mass is 16.7. The number of hydrogen-bond acceptors (Lipinski definition) is 5. The maximum absolute atomic E-state index is 13.9. The SMILES string of the molecule is CC(C)CCNC(=O)C1c2ccccc2C(=O)N(c2ccc3c(c2)OCO3)C1c1cccnc1. The van der Waals surface area contributed by atoms with E-state index in [-0.39, 0.29) is 18.6 Å². The van der Waals surface area contributed by atoms with E-state index in [0.29, 0.717) is 35.2 Å². The molecule has 0 saturated carbocycles. The van der Waals surface area contributed by atoms with Gasteiger partial charge in [0.05, 0.1) is 12.0 Å². The maximum atomic E-state index is 13.9. The van der Waals surface area contributed by atoms with Gasteiger partial charge in [0.15, 0.2) is 11.5 Å². The van der Waals surface area contributed by atoms with Crippen molar-refractivity contribution in [3.8, 4) is 11.5 Å². The van der Waals surface area contributed by atoms with Gasteiger partial charge in [0, 0.05) is 36.3 Å². The van der Waals surface area contributed by atoms with Crippen LogP contribution < -0.4 is 19.7 Å². The molecule has 3 heterocycles. The second kappa shape index (κ2) is 9.17. The minimum atomic E-state index is -0.601. The fourth-order valence-corrected chi connectivity index (χ4v) is 4.62. The Kier molecular flexibility index (Phi) is 5.92. The molecular weight excluding hydrogens is 430 g/mol. The van der Waals surface area contributed by atoms with Crippen molar-refractivity contribution >= 4 is 17.5 Å². The number of ether oxygens (including phenoxy) is 2. The first-order chi connectivity index (χ1) is 16.5. The summed E-state index contributed by atoms with van der Waals surface area (Å²) in [6.07, 6.45) is 4.29. The van der Waals surface area contributed by atoms with Crippen LogP contribution in [0.25, 0.3) is 0 Å². The first-order valence-corrected chi connectivity index (χ1v) is 11.5. The van der Waals surface area contributed by atoms with Gasteiger partial charge >= 0.3 is 0 Å². The summed E-state index contributed by atoms with van der Waals surface area (Å²) in [7, 11) is 0. The Labute approximate surface area is 198 Å². The van der Waals surface area contributed by atoms with Gasteiger partial charge in [-0.3, -0.25) is 19.5 Å². The van der Waals surface area contributed by atoms with Gasteiger partial charge in [-0.05, 0) is 47.7 Å². The van der Waals surface area contributed by atoms with Gasteiger partial charge in [-0.1, -0.05) is 38.1 Å². The van der Waals surface area contributed by atoms with Crippen molar-refractivity contribution in [1.29, 1.82) is 0 Å². The third kappa shape index (κ3) is 3.98. The van der Waals surface area contributed by atoms with Crippen LogP contribution in [0, 0.1) is 5.92 Å². The van der Waals surface area contributed by atoms with Gasteiger partial charge in [0.25, 0.3) is 5.91 Å². The lowest BCUT2D eigenvalue weighted by atomic mass is 9.79. The molecule has 0 bridgehead atoms. The monoisotopic (exact) mass is 457 g/mol. The molecule has 0 fully saturated rings. The Hall–Kier alpha value is -3.87. The van der Waals surface area contributed by atoms with E-state index in [4.69, 9.17) is 9.47 Å². The molecule has 2 unspecified atom stereocenters. The number of nitrogens with one attached hydrogen (secondary N) is 1. The van der Waals surface area contributed by atoms with Gasteiger partial charge in [-0.15, -0.1) is 0 Å². The summed E-state index contributed by atoms with van der Waals surface area (Å²) in [6, 6.07) is 15.9. The van der Waals surface area contributed by atoms with Gasteiger partial charge in [0.2, 0.25) is 12.7 Å². The third-order valence-corrected chi connectivity index (χ3v) is 6.30. The van der Waals surface area contributed by atoms with Crippen LogP contribution in [0.15, 0.2) is 67.0 Å². The van der Waals surface area contributed by atoms with E-state index in [2.05, 4.69) is 24.1 Å². The molecule has 2 aromatic carbocycles. The highest BCUT2D eigenvalue weighted by Crippen LogP contribution is 2.46. The number of anilines is 1. The Bertz CT molecular complexity index is 1210. The number of carbonyl (C=O) groups is 2. The molecule has 3 aromatic rings. The zero-order valence-corrected chi connectivity index (χ0v) is 19.2. The van der Waals surface area contributed by atoms with E-state index < -0.39 is 12.0 Å². The van der Waals surface area contributed by atoms with Gasteiger partial charge in [-0.2, -0.15) is 0 Å².